The normalized spacial score (nSPS) is 12.5. The van der Waals surface area contributed by atoms with Gasteiger partial charge in [-0.25, -0.2) is 0 Å². The van der Waals surface area contributed by atoms with Crippen LogP contribution in [0.1, 0.15) is 38.1 Å². The first kappa shape index (κ1) is 19.0. The summed E-state index contributed by atoms with van der Waals surface area (Å²) in [5, 5.41) is 14.6. The van der Waals surface area contributed by atoms with Crippen LogP contribution < -0.4 is 10.0 Å². The Morgan fingerprint density at radius 3 is 2.32 bits per heavy atom. The van der Waals surface area contributed by atoms with Gasteiger partial charge in [-0.3, -0.25) is 9.59 Å². The number of Topliss-reactive ketones (excluding diaryl/α,β-unsaturated/α-hetero) is 1. The molecular weight excluding hydrogens is 336 g/mol. The van der Waals surface area contributed by atoms with Crippen LogP contribution in [-0.2, 0) is 4.79 Å². The highest BCUT2D eigenvalue weighted by atomic mass is 32.2. The van der Waals surface area contributed by atoms with E-state index in [1.54, 1.807) is 49.4 Å². The first-order valence-electron chi connectivity index (χ1n) is 7.99. The molecule has 0 saturated heterocycles. The molecule has 0 saturated carbocycles. The number of hydrogen-bond acceptors (Lipinski definition) is 4. The maximum Gasteiger partial charge on any atom is 0.252 e. The van der Waals surface area contributed by atoms with Gasteiger partial charge in [0.1, 0.15) is 0 Å². The molecule has 132 valence electrons. The van der Waals surface area contributed by atoms with Gasteiger partial charge in [0.25, 0.3) is 5.03 Å². The molecule has 0 unspecified atom stereocenters. The van der Waals surface area contributed by atoms with E-state index in [1.165, 1.54) is 18.0 Å². The van der Waals surface area contributed by atoms with Crippen LogP contribution in [0, 0.1) is 10.6 Å². The molecule has 0 fully saturated rings. The minimum atomic E-state index is -0.483. The summed E-state index contributed by atoms with van der Waals surface area (Å²) in [6.07, 6.45) is 1.41. The molecule has 1 aromatic heterocycles. The van der Waals surface area contributed by atoms with E-state index >= 15 is 0 Å². The summed E-state index contributed by atoms with van der Waals surface area (Å²) < 4.78 is 0.750. The number of aromatic nitrogens is 1. The second-order valence-corrected chi connectivity index (χ2v) is 8.13. The van der Waals surface area contributed by atoms with Crippen LogP contribution in [0.3, 0.4) is 0 Å². The summed E-state index contributed by atoms with van der Waals surface area (Å²) in [5.41, 5.74) is 0.711. The van der Waals surface area contributed by atoms with Gasteiger partial charge in [0.15, 0.2) is 12.0 Å². The van der Waals surface area contributed by atoms with Crippen molar-refractivity contribution >= 4 is 29.1 Å². The molecule has 6 heteroatoms. The van der Waals surface area contributed by atoms with Gasteiger partial charge < -0.3 is 10.5 Å². The molecule has 2 aromatic rings. The Balaban J connectivity index is 2.05. The summed E-state index contributed by atoms with van der Waals surface area (Å²) >= 11 is 1.22. The van der Waals surface area contributed by atoms with E-state index in [9.17, 15) is 14.8 Å². The Hall–Kier alpha value is -2.34. The molecule has 1 heterocycles. The Kier molecular flexibility index (Phi) is 5.85. The van der Waals surface area contributed by atoms with E-state index in [4.69, 9.17) is 0 Å². The molecule has 0 radical (unpaired) electrons. The summed E-state index contributed by atoms with van der Waals surface area (Å²) in [6.45, 7) is 7.29. The summed E-state index contributed by atoms with van der Waals surface area (Å²) in [4.78, 5) is 24.5. The zero-order valence-electron chi connectivity index (χ0n) is 14.8. The van der Waals surface area contributed by atoms with Crippen molar-refractivity contribution in [3.05, 3.63) is 59.4 Å². The van der Waals surface area contributed by atoms with Gasteiger partial charge >= 0.3 is 0 Å². The maximum atomic E-state index is 12.5. The van der Waals surface area contributed by atoms with Gasteiger partial charge in [-0.15, -0.1) is 0 Å². The molecule has 0 spiro atoms. The van der Waals surface area contributed by atoms with Crippen LogP contribution in [0.2, 0.25) is 0 Å². The number of hydrogen-bond donors (Lipinski definition) is 1. The number of thioether (sulfide) groups is 1. The molecule has 5 nitrogen and oxygen atoms in total. The highest BCUT2D eigenvalue weighted by Crippen LogP contribution is 2.24. The lowest BCUT2D eigenvalue weighted by atomic mass is 9.95. The second-order valence-electron chi connectivity index (χ2n) is 6.77. The number of anilines is 1. The van der Waals surface area contributed by atoms with Crippen molar-refractivity contribution in [1.82, 2.24) is 0 Å². The average molecular weight is 358 g/mol. The fourth-order valence-electron chi connectivity index (χ4n) is 2.01. The zero-order chi connectivity index (χ0) is 18.6. The molecule has 1 aromatic carbocycles. The number of nitrogens with zero attached hydrogens (tertiary/aromatic N) is 1. The van der Waals surface area contributed by atoms with Crippen molar-refractivity contribution in [1.29, 1.82) is 0 Å². The number of pyridine rings is 1. The predicted octanol–water partition coefficient (Wildman–Crippen LogP) is 3.67. The minimum Gasteiger partial charge on any atom is -0.618 e. The maximum absolute atomic E-state index is 12.5. The van der Waals surface area contributed by atoms with Gasteiger partial charge in [-0.2, -0.15) is 4.73 Å². The van der Waals surface area contributed by atoms with E-state index in [1.807, 2.05) is 20.8 Å². The third-order valence-corrected chi connectivity index (χ3v) is 4.69. The highest BCUT2D eigenvalue weighted by molar-refractivity contribution is 8.00. The van der Waals surface area contributed by atoms with E-state index in [0.717, 1.165) is 4.73 Å². The van der Waals surface area contributed by atoms with Crippen molar-refractivity contribution in [2.24, 2.45) is 5.41 Å². The quantitative estimate of drug-likeness (QED) is 0.383. The molecular formula is C19H22N2O3S. The lowest BCUT2D eigenvalue weighted by molar-refractivity contribution is -0.645. The predicted molar refractivity (Wildman–Crippen MR) is 99.6 cm³/mol. The van der Waals surface area contributed by atoms with Crippen molar-refractivity contribution < 1.29 is 14.3 Å². The van der Waals surface area contributed by atoms with Crippen LogP contribution in [0.5, 0.6) is 0 Å². The van der Waals surface area contributed by atoms with E-state index < -0.39 is 10.7 Å². The largest absolute Gasteiger partial charge is 0.618 e. The van der Waals surface area contributed by atoms with Gasteiger partial charge in [-0.1, -0.05) is 20.8 Å². The third kappa shape index (κ3) is 5.06. The fraction of sp³-hybridized carbons (Fsp3) is 0.316. The number of ketones is 1. The molecule has 1 amide bonds. The Bertz CT molecular complexity index is 767. The lowest BCUT2D eigenvalue weighted by Crippen LogP contribution is -2.29. The molecule has 2 rings (SSSR count). The van der Waals surface area contributed by atoms with Gasteiger partial charge in [-0.05, 0) is 49.0 Å². The molecule has 0 aliphatic heterocycles. The number of carbonyl (C=O) groups excluding carboxylic acids is 2. The van der Waals surface area contributed by atoms with Crippen molar-refractivity contribution in [2.75, 3.05) is 5.32 Å². The van der Waals surface area contributed by atoms with E-state index in [0.29, 0.717) is 16.3 Å². The highest BCUT2D eigenvalue weighted by Gasteiger charge is 2.22. The van der Waals surface area contributed by atoms with Gasteiger partial charge in [0.05, 0.1) is 5.25 Å². The minimum absolute atomic E-state index is 0.0671. The Labute approximate surface area is 152 Å². The van der Waals surface area contributed by atoms with E-state index in [2.05, 4.69) is 5.32 Å². The monoisotopic (exact) mass is 358 g/mol. The van der Waals surface area contributed by atoms with Crippen molar-refractivity contribution in [3.63, 3.8) is 0 Å². The number of nitrogens with one attached hydrogen (secondary N) is 1. The molecule has 0 aliphatic carbocycles. The van der Waals surface area contributed by atoms with Crippen molar-refractivity contribution in [3.8, 4) is 0 Å². The number of amides is 1. The molecule has 1 N–H and O–H groups in total. The molecule has 1 atom stereocenters. The third-order valence-electron chi connectivity index (χ3n) is 3.56. The Morgan fingerprint density at radius 1 is 1.12 bits per heavy atom. The molecule has 0 aliphatic rings. The van der Waals surface area contributed by atoms with Crippen molar-refractivity contribution in [2.45, 2.75) is 38.0 Å². The fourth-order valence-corrected chi connectivity index (χ4v) is 2.94. The van der Waals surface area contributed by atoms with Crippen LogP contribution in [0.15, 0.2) is 53.7 Å². The standard InChI is InChI=1S/C19H22N2O3S/c1-13(25-16-7-5-6-12-21(16)24)17(22)14-8-10-15(11-9-14)20-18(23)19(2,3)4/h5-13H,1-4H3,(H,20,23)/t13-/m1/s1. The van der Waals surface area contributed by atoms with Crippen LogP contribution >= 0.6 is 11.8 Å². The average Bonchev–Trinajstić information content (AvgIpc) is 2.56. The Morgan fingerprint density at radius 2 is 1.76 bits per heavy atom. The lowest BCUT2D eigenvalue weighted by Gasteiger charge is -2.17. The van der Waals surface area contributed by atoms with Crippen LogP contribution in [0.4, 0.5) is 5.69 Å². The van der Waals surface area contributed by atoms with Gasteiger partial charge in [0.2, 0.25) is 5.91 Å². The number of benzene rings is 1. The first-order chi connectivity index (χ1) is 11.7. The van der Waals surface area contributed by atoms with Crippen LogP contribution in [0.25, 0.3) is 0 Å². The summed E-state index contributed by atoms with van der Waals surface area (Å²) in [7, 11) is 0. The van der Waals surface area contributed by atoms with Crippen LogP contribution in [-0.4, -0.2) is 16.9 Å². The van der Waals surface area contributed by atoms with Gasteiger partial charge in [0, 0.05) is 28.8 Å². The molecule has 0 bridgehead atoms. The second kappa shape index (κ2) is 7.70. The number of rotatable bonds is 5. The first-order valence-corrected chi connectivity index (χ1v) is 8.87. The topological polar surface area (TPSA) is 73.1 Å². The zero-order valence-corrected chi connectivity index (χ0v) is 15.6. The summed E-state index contributed by atoms with van der Waals surface area (Å²) in [6, 6.07) is 11.9. The molecule has 25 heavy (non-hydrogen) atoms. The smallest absolute Gasteiger partial charge is 0.252 e. The number of carbonyl (C=O) groups is 2. The SMILES string of the molecule is C[C@@H](Sc1cccc[n+]1[O-])C(=O)c1ccc(NC(=O)C(C)(C)C)cc1. The summed E-state index contributed by atoms with van der Waals surface area (Å²) in [5.74, 6) is -0.151. The van der Waals surface area contributed by atoms with E-state index in [-0.39, 0.29) is 11.7 Å².